The number of rotatable bonds is 35. The molecule has 4 amide bonds. The summed E-state index contributed by atoms with van der Waals surface area (Å²) in [5.74, 6) is -9.27. The Bertz CT molecular complexity index is 6430. The van der Waals surface area contributed by atoms with E-state index in [1.54, 1.807) is 96.2 Å². The van der Waals surface area contributed by atoms with Crippen molar-refractivity contribution in [3.05, 3.63) is 218 Å². The van der Waals surface area contributed by atoms with Crippen LogP contribution in [-0.2, 0) is 127 Å². The quantitative estimate of drug-likeness (QED) is 0.0118. The Morgan fingerprint density at radius 3 is 0.937 bits per heavy atom. The predicted molar refractivity (Wildman–Crippen MR) is 511 cm³/mol. The number of carbonyl (C=O) groups is 14. The van der Waals surface area contributed by atoms with Crippen LogP contribution in [0.1, 0.15) is 188 Å². The maximum atomic E-state index is 13.2. The zero-order chi connectivity index (χ0) is 105. The molecule has 0 unspecified atom stereocenters. The number of hydrogen-bond acceptors (Lipinski definition) is 30. The number of Topliss-reactive ketones (excluding diaryl/α,β-unsaturated/α-hetero) is 1. The van der Waals surface area contributed by atoms with Gasteiger partial charge in [-0.1, -0.05) is 37.8 Å². The number of aromatic amines is 4. The number of aryl methyl sites for hydroxylation is 7. The summed E-state index contributed by atoms with van der Waals surface area (Å²) in [6.07, 6.45) is 5.91. The summed E-state index contributed by atoms with van der Waals surface area (Å²) in [5.41, 5.74) is 8.23. The van der Waals surface area contributed by atoms with Crippen molar-refractivity contribution in [2.75, 3.05) is 82.0 Å². The van der Waals surface area contributed by atoms with Gasteiger partial charge in [-0.25, -0.2) is 66.1 Å². The third-order valence-electron chi connectivity index (χ3n) is 18.4. The van der Waals surface area contributed by atoms with Gasteiger partial charge >= 0.3 is 101 Å². The number of carboxylic acid groups (broad SMARTS) is 5. The summed E-state index contributed by atoms with van der Waals surface area (Å²) in [5, 5.41) is 46.6. The second-order valence-corrected chi connectivity index (χ2v) is 39.4. The fourth-order valence-corrected chi connectivity index (χ4v) is 20.4. The number of ether oxygens (including phenoxy) is 3. The van der Waals surface area contributed by atoms with Gasteiger partial charge in [-0.3, -0.25) is 38.4 Å². The number of nitrogens with two attached hydrogens (primary N) is 1. The number of aromatic nitrogens is 4. The van der Waals surface area contributed by atoms with Crippen molar-refractivity contribution in [3.8, 4) is 0 Å². The van der Waals surface area contributed by atoms with Gasteiger partial charge < -0.3 is 95.7 Å². The van der Waals surface area contributed by atoms with Gasteiger partial charge in [-0.15, -0.1) is 12.4 Å². The number of sulfone groups is 5. The molecule has 0 fully saturated rings. The van der Waals surface area contributed by atoms with Crippen molar-refractivity contribution < 1.29 is 214 Å². The summed E-state index contributed by atoms with van der Waals surface area (Å²) >= 11 is 0. The first-order valence-corrected chi connectivity index (χ1v) is 48.9. The number of ketones is 1. The Balaban J connectivity index is -0.000000804. The summed E-state index contributed by atoms with van der Waals surface area (Å²) in [4.78, 5) is 170. The van der Waals surface area contributed by atoms with Crippen molar-refractivity contribution in [3.63, 3.8) is 0 Å². The molecule has 0 aliphatic carbocycles. The summed E-state index contributed by atoms with van der Waals surface area (Å²) < 4.78 is 143. The molecular weight excluding hydrogens is 2000 g/mol. The molecule has 0 radical (unpaired) electrons. The monoisotopic (exact) mass is 2120 g/mol. The molecule has 0 aliphatic rings. The molecule has 0 saturated heterocycles. The largest absolute Gasteiger partial charge is 1.00 e. The number of carbonyl (C=O) groups excluding carboxylic acids is 10. The van der Waals surface area contributed by atoms with E-state index in [-0.39, 0.29) is 269 Å². The molecule has 12 N–H and O–H groups in total. The number of H-pyrrole nitrogens is 4. The maximum Gasteiger partial charge on any atom is 1.00 e. The van der Waals surface area contributed by atoms with Crippen LogP contribution >= 0.6 is 12.4 Å². The number of primary amides is 1. The van der Waals surface area contributed by atoms with E-state index in [0.717, 1.165) is 19.1 Å². The van der Waals surface area contributed by atoms with Gasteiger partial charge in [-0.2, -0.15) is 0 Å². The minimum Gasteiger partial charge on any atom is -0.870 e. The number of nitrogens with one attached hydrogen (secondary N) is 5. The number of nitrogens with zero attached hydrogens (tertiary/aromatic N) is 3. The van der Waals surface area contributed by atoms with Crippen LogP contribution < -0.4 is 75.3 Å². The summed E-state index contributed by atoms with van der Waals surface area (Å²) in [7, 11) is -5.94. The van der Waals surface area contributed by atoms with E-state index in [4.69, 9.17) is 44.5 Å². The zero-order valence-electron chi connectivity index (χ0n) is 81.3. The van der Waals surface area contributed by atoms with E-state index >= 15 is 0 Å². The number of benzene rings is 5. The summed E-state index contributed by atoms with van der Waals surface area (Å²) in [6, 6.07) is 27.1. The van der Waals surface area contributed by atoms with Gasteiger partial charge in [0.1, 0.15) is 11.5 Å². The molecule has 0 atom stereocenters. The van der Waals surface area contributed by atoms with Crippen LogP contribution in [0.3, 0.4) is 0 Å². The molecule has 4 heterocycles. The van der Waals surface area contributed by atoms with Crippen LogP contribution in [0, 0.1) is 27.7 Å². The minimum absolute atomic E-state index is 0. The minimum atomic E-state index is -4.09. The molecule has 142 heavy (non-hydrogen) atoms. The number of halogens is 1. The van der Waals surface area contributed by atoms with Crippen molar-refractivity contribution in [2.45, 2.75) is 178 Å². The van der Waals surface area contributed by atoms with E-state index in [1.165, 1.54) is 144 Å². The van der Waals surface area contributed by atoms with Gasteiger partial charge in [0.25, 0.3) is 0 Å². The van der Waals surface area contributed by atoms with Crippen LogP contribution in [0.5, 0.6) is 0 Å². The third kappa shape index (κ3) is 42.8. The van der Waals surface area contributed by atoms with E-state index < -0.39 is 114 Å². The van der Waals surface area contributed by atoms with Crippen molar-refractivity contribution >= 4 is 145 Å². The SMILES string of the molecule is C.CC(=O)[O-].CCOC(=O)c1cccc(S(=O)(=O)CC(C)=O)c1.CCOC(=O)c1cccc(S(=O)(=O)c2c(CCC(=O)N(C)C)c[nH]c2C)c1.CCOC(=O)c1cccc(S(=O)(=O)c2c(CCC(=O)O)c[nH]c2C)c1.CNC.Cc1[nH]c(C=O)c(CCC(=O)N(C)C)c1S(=O)(=O)c1cccc(C(=O)O)c1.Cc1[nH]cc(CCC(=O)N(C)C)c1S(=O)(=O)c1cccc(C(=O)O)c1.Cl.NC(=O)CCC(=O)O.[Na+].[Na+].[OH-]. The van der Waals surface area contributed by atoms with Gasteiger partial charge in [0.15, 0.2) is 16.1 Å². The van der Waals surface area contributed by atoms with Crippen molar-refractivity contribution in [1.29, 1.82) is 0 Å². The fraction of sp³-hybridized carbons (Fsp3) is 0.348. The van der Waals surface area contributed by atoms with Gasteiger partial charge in [0, 0.05) is 127 Å². The van der Waals surface area contributed by atoms with Crippen LogP contribution in [0.15, 0.2) is 184 Å². The molecule has 9 aromatic rings. The molecule has 0 saturated carbocycles. The molecule has 0 aliphatic heterocycles. The fourth-order valence-electron chi connectivity index (χ4n) is 12.1. The molecule has 42 nitrogen and oxygen atoms in total. The topological polar surface area (TPSA) is 682 Å². The number of aliphatic carboxylic acids is 3. The first-order valence-electron chi connectivity index (χ1n) is 41.3. The van der Waals surface area contributed by atoms with Crippen LogP contribution in [0.25, 0.3) is 0 Å². The molecule has 0 bridgehead atoms. The Labute approximate surface area is 875 Å². The zero-order valence-corrected chi connectivity index (χ0v) is 90.2. The molecule has 0 spiro atoms. The Kier molecular flexibility index (Phi) is 62.1. The van der Waals surface area contributed by atoms with E-state index in [0.29, 0.717) is 46.5 Å². The first-order chi connectivity index (χ1) is 63.8. The first kappa shape index (κ1) is 136. The number of aldehydes is 1. The van der Waals surface area contributed by atoms with Crippen molar-refractivity contribution in [1.82, 2.24) is 40.0 Å². The van der Waals surface area contributed by atoms with E-state index in [2.05, 4.69) is 31.0 Å². The van der Waals surface area contributed by atoms with Gasteiger partial charge in [-0.05, 0) is 210 Å². The van der Waals surface area contributed by atoms with Gasteiger partial charge in [0.05, 0.1) is 104 Å². The maximum absolute atomic E-state index is 13.2. The Morgan fingerprint density at radius 2 is 0.683 bits per heavy atom. The van der Waals surface area contributed by atoms with E-state index in [9.17, 15) is 104 Å². The average Bonchev–Trinajstić information content (AvgIpc) is 1.53. The third-order valence-corrected chi connectivity index (χ3v) is 28.1. The van der Waals surface area contributed by atoms with Gasteiger partial charge in [0.2, 0.25) is 63.0 Å². The standard InChI is InChI=1S/C19H24N2O5S.C18H20N2O6S.C17H20N2O5S.C17H19NO6S.C12H14O5S.C4H7NO3.C2H7N.C2H4O2.CH4.ClH.2Na.H2O/c1-5-26-19(23)14-7-6-8-16(11-14)27(24,25)18-13(2)20-12-15(18)9-10-17(22)21(3)4;1-11-17(14(15(10-21)19-11)7-8-16(22)20(2)3)27(25,26)13-6-4-5-12(9-13)18(23)24;1-11-16(13(10-18-11)7-8-15(20)19(2)3)25(23,24)14-6-4-5-12(9-14)17(21)22;1-3-24-17(21)12-5-4-6-14(9-12)25(22,23)16-11(2)18-10-13(16)7-8-15(19)20;1-3-17-12(14)10-5-4-6-11(7-10)18(15,16)8-9(2)13;5-3(6)1-2-4(7)8;1-3-2;1-2(3)4;;;;;/h6-8,11-12,20H,5,9-10H2,1-4H3;4-6,9-10,19H,7-8H2,1-3H3,(H,23,24);4-6,9-10,18H,7-8H2,1-3H3,(H,21,22);4-6,9-10,18H,3,7-8H2,1-2H3,(H,19,20);4-7H,3,8H2,1-2H3;1-2H2,(H2,5,6)(H,7,8);3H,1-2H3;1H3,(H,3,4);1H4;1H;;;1H2/q;;;;;;;;;;2*+1;/p-2. The van der Waals surface area contributed by atoms with Crippen LogP contribution in [-0.4, -0.2) is 268 Å². The normalized spacial score (nSPS) is 10.4. The predicted octanol–water partition coefficient (Wildman–Crippen LogP) is 2.31. The molecular formula is C92H120ClN9Na2O33S5. The molecule has 4 aromatic heterocycles. The molecule has 5 aromatic carbocycles. The second kappa shape index (κ2) is 64.6. The average molecular weight is 2120 g/mol. The Hall–Kier alpha value is -11.8. The van der Waals surface area contributed by atoms with E-state index in [1.807, 2.05) is 14.1 Å². The second-order valence-electron chi connectivity index (χ2n) is 29.9. The number of hydrogen-bond donors (Lipinski definition) is 10. The number of esters is 3. The summed E-state index contributed by atoms with van der Waals surface area (Å²) in [6.45, 7) is 14.2. The Morgan fingerprint density at radius 1 is 0.423 bits per heavy atom. The molecule has 770 valence electrons. The number of amides is 4. The van der Waals surface area contributed by atoms with Crippen LogP contribution in [0.4, 0.5) is 0 Å². The molecule has 50 heteroatoms. The smallest absolute Gasteiger partial charge is 0.870 e. The number of aromatic carboxylic acids is 2. The van der Waals surface area contributed by atoms with Crippen LogP contribution in [0.2, 0.25) is 0 Å². The number of carboxylic acids is 5. The van der Waals surface area contributed by atoms with Crippen molar-refractivity contribution in [2.24, 2.45) is 5.73 Å². The molecule has 9 rings (SSSR count).